The van der Waals surface area contributed by atoms with Gasteiger partial charge in [0, 0.05) is 6.07 Å². The SMILES string of the molecule is Cc1ccc(Oc2cc(-n3ncc(C(=O)O)c3C)ncn2)cc1. The second kappa shape index (κ2) is 5.88. The van der Waals surface area contributed by atoms with E-state index < -0.39 is 5.97 Å². The van der Waals surface area contributed by atoms with E-state index in [1.807, 2.05) is 31.2 Å². The van der Waals surface area contributed by atoms with E-state index in [9.17, 15) is 4.79 Å². The molecule has 1 aromatic carbocycles. The minimum Gasteiger partial charge on any atom is -0.478 e. The molecule has 0 spiro atoms. The molecule has 0 fully saturated rings. The van der Waals surface area contributed by atoms with Crippen molar-refractivity contribution in [1.82, 2.24) is 19.7 Å². The van der Waals surface area contributed by atoms with Gasteiger partial charge in [0.1, 0.15) is 17.6 Å². The van der Waals surface area contributed by atoms with E-state index in [0.717, 1.165) is 5.56 Å². The summed E-state index contributed by atoms with van der Waals surface area (Å²) in [6.45, 7) is 3.66. The minimum absolute atomic E-state index is 0.129. The Hall–Kier alpha value is -3.22. The topological polar surface area (TPSA) is 90.1 Å². The van der Waals surface area contributed by atoms with Crippen molar-refractivity contribution < 1.29 is 14.6 Å². The van der Waals surface area contributed by atoms with Crippen molar-refractivity contribution in [2.75, 3.05) is 0 Å². The van der Waals surface area contributed by atoms with Crippen molar-refractivity contribution >= 4 is 5.97 Å². The molecule has 7 nitrogen and oxygen atoms in total. The van der Waals surface area contributed by atoms with Gasteiger partial charge in [-0.15, -0.1) is 0 Å². The number of aromatic carboxylic acids is 1. The van der Waals surface area contributed by atoms with Gasteiger partial charge in [-0.3, -0.25) is 0 Å². The van der Waals surface area contributed by atoms with Crippen LogP contribution in [0, 0.1) is 13.8 Å². The van der Waals surface area contributed by atoms with E-state index in [1.165, 1.54) is 17.2 Å². The first kappa shape index (κ1) is 14.7. The number of rotatable bonds is 4. The second-order valence-corrected chi connectivity index (χ2v) is 4.99. The summed E-state index contributed by atoms with van der Waals surface area (Å²) >= 11 is 0. The zero-order chi connectivity index (χ0) is 16.4. The lowest BCUT2D eigenvalue weighted by atomic mass is 10.2. The molecule has 3 aromatic rings. The highest BCUT2D eigenvalue weighted by Crippen LogP contribution is 2.21. The van der Waals surface area contributed by atoms with Gasteiger partial charge in [0.15, 0.2) is 5.82 Å². The number of aromatic nitrogens is 4. The molecular formula is C16H14N4O3. The van der Waals surface area contributed by atoms with Gasteiger partial charge in [-0.05, 0) is 26.0 Å². The first-order chi connectivity index (χ1) is 11.0. The van der Waals surface area contributed by atoms with Crippen molar-refractivity contribution in [2.45, 2.75) is 13.8 Å². The van der Waals surface area contributed by atoms with E-state index in [4.69, 9.17) is 9.84 Å². The van der Waals surface area contributed by atoms with Crippen molar-refractivity contribution in [3.05, 3.63) is 59.7 Å². The van der Waals surface area contributed by atoms with Gasteiger partial charge in [-0.2, -0.15) is 5.10 Å². The average Bonchev–Trinajstić information content (AvgIpc) is 2.92. The zero-order valence-electron chi connectivity index (χ0n) is 12.6. The number of carboxylic acid groups (broad SMARTS) is 1. The molecule has 116 valence electrons. The van der Waals surface area contributed by atoms with Gasteiger partial charge in [-0.25, -0.2) is 19.4 Å². The number of benzene rings is 1. The van der Waals surface area contributed by atoms with Crippen molar-refractivity contribution in [1.29, 1.82) is 0 Å². The molecule has 3 rings (SSSR count). The molecule has 1 N–H and O–H groups in total. The molecule has 0 saturated carbocycles. The highest BCUT2D eigenvalue weighted by molar-refractivity contribution is 5.88. The standard InChI is InChI=1S/C16H14N4O3/c1-10-3-5-12(6-4-10)23-15-7-14(17-9-18-15)20-11(2)13(8-19-20)16(21)22/h3-9H,1-2H3,(H,21,22). The van der Waals surface area contributed by atoms with Crippen molar-refractivity contribution in [3.63, 3.8) is 0 Å². The maximum atomic E-state index is 11.1. The molecule has 0 unspecified atom stereocenters. The van der Waals surface area contributed by atoms with Gasteiger partial charge in [0.05, 0.1) is 11.9 Å². The lowest BCUT2D eigenvalue weighted by molar-refractivity contribution is 0.0696. The smallest absolute Gasteiger partial charge is 0.339 e. The molecule has 7 heteroatoms. The van der Waals surface area contributed by atoms with Crippen LogP contribution in [0.3, 0.4) is 0 Å². The summed E-state index contributed by atoms with van der Waals surface area (Å²) in [4.78, 5) is 19.3. The van der Waals surface area contributed by atoms with Crippen LogP contribution in [0.2, 0.25) is 0 Å². The maximum Gasteiger partial charge on any atom is 0.339 e. The molecule has 0 saturated heterocycles. The Morgan fingerprint density at radius 3 is 2.57 bits per heavy atom. The molecule has 0 radical (unpaired) electrons. The van der Waals surface area contributed by atoms with Crippen LogP contribution >= 0.6 is 0 Å². The van der Waals surface area contributed by atoms with Crippen LogP contribution in [-0.2, 0) is 0 Å². The number of hydrogen-bond acceptors (Lipinski definition) is 5. The van der Waals surface area contributed by atoms with Crippen LogP contribution in [0.1, 0.15) is 21.6 Å². The van der Waals surface area contributed by atoms with Crippen molar-refractivity contribution in [3.8, 4) is 17.4 Å². The molecule has 0 aliphatic heterocycles. The first-order valence-electron chi connectivity index (χ1n) is 6.89. The fraction of sp³-hybridized carbons (Fsp3) is 0.125. The third-order valence-corrected chi connectivity index (χ3v) is 3.33. The number of aryl methyl sites for hydroxylation is 1. The van der Waals surface area contributed by atoms with Crippen LogP contribution in [0.15, 0.2) is 42.9 Å². The molecule has 0 aliphatic carbocycles. The van der Waals surface area contributed by atoms with Crippen LogP contribution in [0.25, 0.3) is 5.82 Å². The number of carbonyl (C=O) groups is 1. The predicted octanol–water partition coefficient (Wildman–Crippen LogP) is 2.77. The molecule has 23 heavy (non-hydrogen) atoms. The van der Waals surface area contributed by atoms with Crippen LogP contribution < -0.4 is 4.74 Å². The van der Waals surface area contributed by atoms with Gasteiger partial charge in [0.25, 0.3) is 0 Å². The number of hydrogen-bond donors (Lipinski definition) is 1. The summed E-state index contributed by atoms with van der Waals surface area (Å²) in [7, 11) is 0. The first-order valence-corrected chi connectivity index (χ1v) is 6.89. The molecule has 0 atom stereocenters. The molecule has 0 bridgehead atoms. The zero-order valence-corrected chi connectivity index (χ0v) is 12.6. The Balaban J connectivity index is 1.91. The van der Waals surface area contributed by atoms with Crippen LogP contribution in [-0.4, -0.2) is 30.8 Å². The lowest BCUT2D eigenvalue weighted by Gasteiger charge is -2.07. The summed E-state index contributed by atoms with van der Waals surface area (Å²) in [5.74, 6) is 0.417. The predicted molar refractivity (Wildman–Crippen MR) is 82.1 cm³/mol. The Morgan fingerprint density at radius 1 is 1.17 bits per heavy atom. The van der Waals surface area contributed by atoms with E-state index in [-0.39, 0.29) is 5.56 Å². The monoisotopic (exact) mass is 310 g/mol. The average molecular weight is 310 g/mol. The molecule has 0 amide bonds. The Bertz CT molecular complexity index is 856. The van der Waals surface area contributed by atoms with E-state index in [0.29, 0.717) is 23.1 Å². The third-order valence-electron chi connectivity index (χ3n) is 3.33. The highest BCUT2D eigenvalue weighted by atomic mass is 16.5. The Kier molecular flexibility index (Phi) is 3.76. The second-order valence-electron chi connectivity index (χ2n) is 4.99. The molecule has 2 aromatic heterocycles. The molecule has 2 heterocycles. The van der Waals surface area contributed by atoms with E-state index in [1.54, 1.807) is 13.0 Å². The maximum absolute atomic E-state index is 11.1. The Morgan fingerprint density at radius 2 is 1.91 bits per heavy atom. The van der Waals surface area contributed by atoms with Gasteiger partial charge in [0.2, 0.25) is 5.88 Å². The highest BCUT2D eigenvalue weighted by Gasteiger charge is 2.15. The third kappa shape index (κ3) is 3.03. The number of nitrogens with zero attached hydrogens (tertiary/aromatic N) is 4. The van der Waals surface area contributed by atoms with Crippen LogP contribution in [0.4, 0.5) is 0 Å². The van der Waals surface area contributed by atoms with Gasteiger partial charge >= 0.3 is 5.97 Å². The number of carboxylic acids is 1. The fourth-order valence-corrected chi connectivity index (χ4v) is 2.08. The summed E-state index contributed by atoms with van der Waals surface area (Å²) < 4.78 is 7.12. The summed E-state index contributed by atoms with van der Waals surface area (Å²) in [5.41, 5.74) is 1.75. The van der Waals surface area contributed by atoms with Gasteiger partial charge in [-0.1, -0.05) is 17.7 Å². The largest absolute Gasteiger partial charge is 0.478 e. The van der Waals surface area contributed by atoms with E-state index in [2.05, 4.69) is 15.1 Å². The summed E-state index contributed by atoms with van der Waals surface area (Å²) in [5, 5.41) is 13.1. The fourth-order valence-electron chi connectivity index (χ4n) is 2.08. The van der Waals surface area contributed by atoms with Crippen molar-refractivity contribution in [2.24, 2.45) is 0 Å². The number of ether oxygens (including phenoxy) is 1. The Labute approximate surface area is 132 Å². The lowest BCUT2D eigenvalue weighted by Crippen LogP contribution is -2.05. The quantitative estimate of drug-likeness (QED) is 0.797. The molecule has 0 aliphatic rings. The van der Waals surface area contributed by atoms with E-state index >= 15 is 0 Å². The summed E-state index contributed by atoms with van der Waals surface area (Å²) in [6.07, 6.45) is 2.64. The van der Waals surface area contributed by atoms with Gasteiger partial charge < -0.3 is 9.84 Å². The minimum atomic E-state index is -1.03. The summed E-state index contributed by atoms with van der Waals surface area (Å²) in [6, 6.07) is 9.17. The normalized spacial score (nSPS) is 10.5. The molecular weight excluding hydrogens is 296 g/mol. The van der Waals surface area contributed by atoms with Crippen LogP contribution in [0.5, 0.6) is 11.6 Å².